The molecule has 0 spiro atoms. The maximum absolute atomic E-state index is 12.1. The monoisotopic (exact) mass is 400 g/mol. The fraction of sp³-hybridized carbons (Fsp3) is 0.765. The standard InChI is InChI=1S/C17H32N6O5/c1-12(14(25)23(18)17(2,3)4)20-16(27)28-15(26)19-11-13(24)21-22-9-7-5-6-8-10-22/h12H,5-11,18H2,1-4H3,(H,19,26)(H,20,27)(H,21,24)/t12-/m0/s1. The number of amides is 4. The first-order chi connectivity index (χ1) is 13.0. The zero-order valence-electron chi connectivity index (χ0n) is 17.0. The Morgan fingerprint density at radius 2 is 1.64 bits per heavy atom. The van der Waals surface area contributed by atoms with Crippen molar-refractivity contribution in [3.63, 3.8) is 0 Å². The van der Waals surface area contributed by atoms with Gasteiger partial charge in [-0.1, -0.05) is 12.8 Å². The zero-order valence-corrected chi connectivity index (χ0v) is 17.0. The Balaban J connectivity index is 2.32. The second-order valence-corrected chi connectivity index (χ2v) is 7.71. The summed E-state index contributed by atoms with van der Waals surface area (Å²) in [6, 6.07) is -0.990. The van der Waals surface area contributed by atoms with E-state index in [0.29, 0.717) is 0 Å². The molecule has 4 amide bonds. The number of nitrogens with zero attached hydrogens (tertiary/aromatic N) is 2. The average Bonchev–Trinajstić information content (AvgIpc) is 2.86. The van der Waals surface area contributed by atoms with Crippen LogP contribution in [0.25, 0.3) is 0 Å². The van der Waals surface area contributed by atoms with Crippen LogP contribution in [-0.2, 0) is 14.3 Å². The van der Waals surface area contributed by atoms with Gasteiger partial charge in [-0.15, -0.1) is 0 Å². The first-order valence-electron chi connectivity index (χ1n) is 9.40. The van der Waals surface area contributed by atoms with Crippen LogP contribution in [0.5, 0.6) is 0 Å². The topological polar surface area (TPSA) is 146 Å². The van der Waals surface area contributed by atoms with Gasteiger partial charge in [0, 0.05) is 13.1 Å². The van der Waals surface area contributed by atoms with E-state index in [2.05, 4.69) is 20.8 Å². The molecule has 28 heavy (non-hydrogen) atoms. The van der Waals surface area contributed by atoms with Gasteiger partial charge in [0.1, 0.15) is 12.6 Å². The second kappa shape index (κ2) is 10.8. The fourth-order valence-electron chi connectivity index (χ4n) is 2.48. The van der Waals surface area contributed by atoms with Crippen molar-refractivity contribution >= 4 is 24.0 Å². The summed E-state index contributed by atoms with van der Waals surface area (Å²) in [6.07, 6.45) is 2.05. The fourth-order valence-corrected chi connectivity index (χ4v) is 2.48. The van der Waals surface area contributed by atoms with Crippen molar-refractivity contribution in [2.24, 2.45) is 5.84 Å². The Hall–Kier alpha value is -2.40. The van der Waals surface area contributed by atoms with E-state index in [4.69, 9.17) is 5.84 Å². The van der Waals surface area contributed by atoms with Crippen LogP contribution in [0.1, 0.15) is 53.4 Å². The van der Waals surface area contributed by atoms with Crippen molar-refractivity contribution in [1.82, 2.24) is 26.1 Å². The van der Waals surface area contributed by atoms with Gasteiger partial charge in [0.2, 0.25) is 0 Å². The van der Waals surface area contributed by atoms with Crippen molar-refractivity contribution in [2.75, 3.05) is 19.6 Å². The molecule has 0 aromatic rings. The third-order valence-corrected chi connectivity index (χ3v) is 4.13. The predicted octanol–water partition coefficient (Wildman–Crippen LogP) is 0.219. The van der Waals surface area contributed by atoms with E-state index in [1.807, 2.05) is 5.01 Å². The van der Waals surface area contributed by atoms with Crippen LogP contribution in [0.3, 0.4) is 0 Å². The molecule has 1 aliphatic heterocycles. The van der Waals surface area contributed by atoms with E-state index in [9.17, 15) is 19.2 Å². The molecule has 1 heterocycles. The smallest absolute Gasteiger partial charge is 0.359 e. The second-order valence-electron chi connectivity index (χ2n) is 7.71. The van der Waals surface area contributed by atoms with Crippen LogP contribution in [0.2, 0.25) is 0 Å². The van der Waals surface area contributed by atoms with Gasteiger partial charge in [-0.25, -0.2) is 20.4 Å². The van der Waals surface area contributed by atoms with Crippen molar-refractivity contribution in [3.8, 4) is 0 Å². The molecule has 11 nitrogen and oxygen atoms in total. The lowest BCUT2D eigenvalue weighted by Gasteiger charge is -2.32. The van der Waals surface area contributed by atoms with E-state index in [-0.39, 0.29) is 6.54 Å². The molecule has 0 saturated carbocycles. The summed E-state index contributed by atoms with van der Waals surface area (Å²) in [4.78, 5) is 47.3. The highest BCUT2D eigenvalue weighted by molar-refractivity contribution is 5.90. The molecular formula is C17H32N6O5. The Morgan fingerprint density at radius 1 is 1.07 bits per heavy atom. The summed E-state index contributed by atoms with van der Waals surface area (Å²) in [5.74, 6) is 4.75. The molecule has 0 radical (unpaired) electrons. The summed E-state index contributed by atoms with van der Waals surface area (Å²) in [5, 5.41) is 7.22. The first kappa shape index (κ1) is 23.6. The molecule has 5 N–H and O–H groups in total. The maximum atomic E-state index is 12.1. The number of carbonyl (C=O) groups excluding carboxylic acids is 4. The highest BCUT2D eigenvalue weighted by Gasteiger charge is 2.28. The minimum Gasteiger partial charge on any atom is -0.359 e. The third kappa shape index (κ3) is 8.53. The largest absolute Gasteiger partial charge is 0.416 e. The maximum Gasteiger partial charge on any atom is 0.416 e. The molecule has 1 saturated heterocycles. The quantitative estimate of drug-likeness (QED) is 0.223. The Morgan fingerprint density at radius 3 is 2.18 bits per heavy atom. The number of hydrazine groups is 2. The highest BCUT2D eigenvalue weighted by Crippen LogP contribution is 2.09. The van der Waals surface area contributed by atoms with Crippen molar-refractivity contribution < 1.29 is 23.9 Å². The van der Waals surface area contributed by atoms with E-state index >= 15 is 0 Å². The number of alkyl carbamates (subject to hydrolysis) is 2. The van der Waals surface area contributed by atoms with Crippen LogP contribution in [-0.4, -0.2) is 65.2 Å². The minimum absolute atomic E-state index is 0.336. The van der Waals surface area contributed by atoms with Crippen LogP contribution in [0.15, 0.2) is 0 Å². The van der Waals surface area contributed by atoms with Gasteiger partial charge < -0.3 is 15.4 Å². The molecule has 0 unspecified atom stereocenters. The third-order valence-electron chi connectivity index (χ3n) is 4.13. The van der Waals surface area contributed by atoms with Gasteiger partial charge >= 0.3 is 12.2 Å². The molecule has 160 valence electrons. The van der Waals surface area contributed by atoms with Crippen LogP contribution >= 0.6 is 0 Å². The van der Waals surface area contributed by atoms with Gasteiger partial charge in [-0.05, 0) is 40.5 Å². The van der Waals surface area contributed by atoms with Gasteiger partial charge in [0.25, 0.3) is 11.8 Å². The molecule has 0 aromatic carbocycles. The molecule has 1 rings (SSSR count). The number of nitrogens with one attached hydrogen (secondary N) is 3. The van der Waals surface area contributed by atoms with E-state index in [1.54, 1.807) is 20.8 Å². The Kier molecular flexibility index (Phi) is 9.13. The van der Waals surface area contributed by atoms with Gasteiger partial charge in [-0.3, -0.25) is 20.0 Å². The van der Waals surface area contributed by atoms with E-state index < -0.39 is 35.6 Å². The van der Waals surface area contributed by atoms with Gasteiger partial charge in [0.15, 0.2) is 0 Å². The molecule has 1 aliphatic rings. The zero-order chi connectivity index (χ0) is 21.3. The number of ether oxygens (including phenoxy) is 1. The molecule has 0 aliphatic carbocycles. The number of hydrogen-bond acceptors (Lipinski definition) is 7. The summed E-state index contributed by atoms with van der Waals surface area (Å²) in [5.41, 5.74) is 2.07. The molecule has 1 atom stereocenters. The van der Waals surface area contributed by atoms with Crippen molar-refractivity contribution in [3.05, 3.63) is 0 Å². The number of nitrogens with two attached hydrogens (primary N) is 1. The Labute approximate surface area is 165 Å². The summed E-state index contributed by atoms with van der Waals surface area (Å²) >= 11 is 0. The number of carbonyl (C=O) groups is 4. The van der Waals surface area contributed by atoms with Crippen molar-refractivity contribution in [1.29, 1.82) is 0 Å². The molecule has 0 aromatic heterocycles. The van der Waals surface area contributed by atoms with Crippen LogP contribution in [0.4, 0.5) is 9.59 Å². The SMILES string of the molecule is C[C@H](NC(=O)OC(=O)NCC(=O)NN1CCCCCC1)C(=O)N(N)C(C)(C)C. The number of rotatable bonds is 5. The highest BCUT2D eigenvalue weighted by atomic mass is 16.6. The molecular weight excluding hydrogens is 368 g/mol. The van der Waals surface area contributed by atoms with Gasteiger partial charge in [-0.2, -0.15) is 0 Å². The lowest BCUT2D eigenvalue weighted by Crippen LogP contribution is -2.57. The normalized spacial score (nSPS) is 16.3. The molecule has 11 heteroatoms. The van der Waals surface area contributed by atoms with E-state index in [0.717, 1.165) is 43.8 Å². The van der Waals surface area contributed by atoms with E-state index in [1.165, 1.54) is 6.92 Å². The molecule has 0 bridgehead atoms. The Bertz CT molecular complexity index is 569. The summed E-state index contributed by atoms with van der Waals surface area (Å²) in [6.45, 7) is 7.81. The van der Waals surface area contributed by atoms with Gasteiger partial charge in [0.05, 0.1) is 5.54 Å². The summed E-state index contributed by atoms with van der Waals surface area (Å²) in [7, 11) is 0. The molecule has 1 fully saturated rings. The first-order valence-corrected chi connectivity index (χ1v) is 9.40. The van der Waals surface area contributed by atoms with Crippen molar-refractivity contribution in [2.45, 2.75) is 65.0 Å². The lowest BCUT2D eigenvalue weighted by molar-refractivity contribution is -0.138. The predicted molar refractivity (Wildman–Crippen MR) is 101 cm³/mol. The van der Waals surface area contributed by atoms with Crippen LogP contribution in [0, 0.1) is 0 Å². The number of hydrogen-bond donors (Lipinski definition) is 4. The average molecular weight is 400 g/mol. The minimum atomic E-state index is -1.12. The lowest BCUT2D eigenvalue weighted by atomic mass is 10.1. The summed E-state index contributed by atoms with van der Waals surface area (Å²) < 4.78 is 4.49. The van der Waals surface area contributed by atoms with Crippen LogP contribution < -0.4 is 21.9 Å².